The topological polar surface area (TPSA) is 40.5 Å². The molecule has 1 aromatic carbocycles. The summed E-state index contributed by atoms with van der Waals surface area (Å²) in [6.45, 7) is 3.56. The van der Waals surface area contributed by atoms with E-state index in [1.807, 2.05) is 11.8 Å². The normalized spacial score (nSPS) is 15.0. The highest BCUT2D eigenvalue weighted by atomic mass is 19.4. The summed E-state index contributed by atoms with van der Waals surface area (Å²) >= 11 is 0. The van der Waals surface area contributed by atoms with Crippen LogP contribution >= 0.6 is 0 Å². The van der Waals surface area contributed by atoms with Crippen molar-refractivity contribution >= 4 is 17.7 Å². The first-order chi connectivity index (χ1) is 12.3. The minimum Gasteiger partial charge on any atom is -0.369 e. The average Bonchev–Trinajstić information content (AvgIpc) is 3.11. The Morgan fingerprint density at radius 3 is 2.54 bits per heavy atom. The number of rotatable bonds is 4. The molecule has 1 aliphatic rings. The highest BCUT2D eigenvalue weighted by Gasteiger charge is 2.30. The second-order valence-corrected chi connectivity index (χ2v) is 6.15. The number of anilines is 2. The van der Waals surface area contributed by atoms with Crippen molar-refractivity contribution in [2.75, 3.05) is 23.4 Å². The van der Waals surface area contributed by atoms with Gasteiger partial charge in [0, 0.05) is 24.8 Å². The number of nitrogens with one attached hydrogen (secondary N) is 1. The molecule has 138 valence electrons. The lowest BCUT2D eigenvalue weighted by atomic mass is 10.1. The summed E-state index contributed by atoms with van der Waals surface area (Å²) in [5.74, 6) is -0.146. The average molecular weight is 366 g/mol. The van der Waals surface area contributed by atoms with Crippen LogP contribution < -0.4 is 10.3 Å². The predicted octanol–water partition coefficient (Wildman–Crippen LogP) is 4.59. The van der Waals surface area contributed by atoms with Crippen molar-refractivity contribution in [3.05, 3.63) is 53.0 Å². The molecule has 0 radical (unpaired) electrons. The molecule has 1 N–H and O–H groups in total. The Bertz CT molecular complexity index is 794. The van der Waals surface area contributed by atoms with Crippen molar-refractivity contribution in [1.29, 1.82) is 0 Å². The van der Waals surface area contributed by atoms with E-state index in [2.05, 4.69) is 15.5 Å². The van der Waals surface area contributed by atoms with E-state index in [0.29, 0.717) is 11.3 Å². The van der Waals surface area contributed by atoms with Gasteiger partial charge in [-0.05, 0) is 49.6 Å². The van der Waals surface area contributed by atoms with Gasteiger partial charge in [0.05, 0.1) is 17.5 Å². The van der Waals surface area contributed by atoms with Crippen LogP contribution in [-0.2, 0) is 6.18 Å². The van der Waals surface area contributed by atoms with E-state index in [1.54, 1.807) is 6.07 Å². The van der Waals surface area contributed by atoms with Gasteiger partial charge < -0.3 is 4.90 Å². The summed E-state index contributed by atoms with van der Waals surface area (Å²) in [7, 11) is 0. The van der Waals surface area contributed by atoms with E-state index < -0.39 is 11.7 Å². The van der Waals surface area contributed by atoms with Gasteiger partial charge in [0.1, 0.15) is 11.6 Å². The molecule has 2 aromatic rings. The molecule has 0 amide bonds. The second-order valence-electron chi connectivity index (χ2n) is 6.15. The molecule has 0 unspecified atom stereocenters. The molecule has 0 spiro atoms. The fourth-order valence-electron chi connectivity index (χ4n) is 2.82. The van der Waals surface area contributed by atoms with Gasteiger partial charge in [-0.1, -0.05) is 0 Å². The van der Waals surface area contributed by atoms with Crippen molar-refractivity contribution < 1.29 is 17.6 Å². The summed E-state index contributed by atoms with van der Waals surface area (Å²) in [5, 5.41) is 3.93. The summed E-state index contributed by atoms with van der Waals surface area (Å²) in [5.41, 5.74) is 3.76. The Hall–Kier alpha value is -2.64. The molecule has 1 aliphatic heterocycles. The van der Waals surface area contributed by atoms with E-state index in [-0.39, 0.29) is 11.6 Å². The van der Waals surface area contributed by atoms with Gasteiger partial charge >= 0.3 is 6.18 Å². The first-order valence-electron chi connectivity index (χ1n) is 8.22. The molecule has 1 aromatic heterocycles. The smallest absolute Gasteiger partial charge is 0.369 e. The van der Waals surface area contributed by atoms with Crippen LogP contribution in [0.25, 0.3) is 0 Å². The molecule has 0 bridgehead atoms. The van der Waals surface area contributed by atoms with E-state index in [4.69, 9.17) is 0 Å². The van der Waals surface area contributed by atoms with Crippen molar-refractivity contribution in [3.63, 3.8) is 0 Å². The van der Waals surface area contributed by atoms with Crippen molar-refractivity contribution in [2.24, 2.45) is 5.10 Å². The minimum absolute atomic E-state index is 0.168. The van der Waals surface area contributed by atoms with Crippen LogP contribution in [0.1, 0.15) is 29.5 Å². The lowest BCUT2D eigenvalue weighted by Gasteiger charge is -2.19. The molecule has 4 nitrogen and oxygen atoms in total. The highest BCUT2D eigenvalue weighted by molar-refractivity contribution is 5.83. The third kappa shape index (κ3) is 4.12. The molecule has 26 heavy (non-hydrogen) atoms. The van der Waals surface area contributed by atoms with Gasteiger partial charge in [0.2, 0.25) is 0 Å². The first kappa shape index (κ1) is 18.2. The Morgan fingerprint density at radius 2 is 1.92 bits per heavy atom. The van der Waals surface area contributed by atoms with Gasteiger partial charge in [-0.25, -0.2) is 9.37 Å². The Morgan fingerprint density at radius 1 is 1.19 bits per heavy atom. The molecule has 0 aliphatic carbocycles. The van der Waals surface area contributed by atoms with Gasteiger partial charge in [-0.3, -0.25) is 5.43 Å². The number of benzene rings is 1. The van der Waals surface area contributed by atoms with E-state index >= 15 is 0 Å². The van der Waals surface area contributed by atoms with E-state index in [1.165, 1.54) is 18.3 Å². The summed E-state index contributed by atoms with van der Waals surface area (Å²) < 4.78 is 51.8. The first-order valence-corrected chi connectivity index (χ1v) is 8.22. The summed E-state index contributed by atoms with van der Waals surface area (Å²) in [6.07, 6.45) is -0.156. The van der Waals surface area contributed by atoms with Crippen LogP contribution in [0.5, 0.6) is 0 Å². The maximum atomic E-state index is 14.3. The second kappa shape index (κ2) is 7.31. The molecule has 2 heterocycles. The predicted molar refractivity (Wildman–Crippen MR) is 93.0 cm³/mol. The summed E-state index contributed by atoms with van der Waals surface area (Å²) in [6, 6.07) is 5.30. The zero-order valence-electron chi connectivity index (χ0n) is 14.1. The maximum absolute atomic E-state index is 14.3. The Balaban J connectivity index is 1.69. The number of aromatic nitrogens is 1. The summed E-state index contributed by atoms with van der Waals surface area (Å²) in [4.78, 5) is 5.68. The fourth-order valence-corrected chi connectivity index (χ4v) is 2.82. The van der Waals surface area contributed by atoms with Crippen LogP contribution in [0, 0.1) is 12.7 Å². The van der Waals surface area contributed by atoms with Crippen LogP contribution in [0.4, 0.5) is 29.1 Å². The fraction of sp³-hybridized carbons (Fsp3) is 0.333. The number of hydrazone groups is 1. The van der Waals surface area contributed by atoms with Crippen LogP contribution in [0.2, 0.25) is 0 Å². The molecular weight excluding hydrogens is 348 g/mol. The standard InChI is InChI=1S/C18H18F4N4/c1-12-8-16(26-6-2-3-7-26)15(19)9-13(12)10-24-25-17-5-4-14(11-23-17)18(20,21)22/h4-5,8-11H,2-3,6-7H2,1H3,(H,23,25)/b24-10+. The number of pyridine rings is 1. The highest BCUT2D eigenvalue weighted by Crippen LogP contribution is 2.29. The van der Waals surface area contributed by atoms with Gasteiger partial charge in [0.15, 0.2) is 0 Å². The van der Waals surface area contributed by atoms with Gasteiger partial charge in [-0.15, -0.1) is 0 Å². The number of aryl methyl sites for hydroxylation is 1. The van der Waals surface area contributed by atoms with Crippen molar-refractivity contribution in [2.45, 2.75) is 25.9 Å². The van der Waals surface area contributed by atoms with Crippen LogP contribution in [0.15, 0.2) is 35.6 Å². The molecule has 8 heteroatoms. The molecular formula is C18H18F4N4. The molecule has 0 saturated carbocycles. The van der Waals surface area contributed by atoms with Crippen molar-refractivity contribution in [1.82, 2.24) is 4.98 Å². The largest absolute Gasteiger partial charge is 0.417 e. The van der Waals surface area contributed by atoms with Crippen LogP contribution in [0.3, 0.4) is 0 Å². The molecule has 1 saturated heterocycles. The van der Waals surface area contributed by atoms with Gasteiger partial charge in [-0.2, -0.15) is 18.3 Å². The Kier molecular flexibility index (Phi) is 5.11. The third-order valence-corrected chi connectivity index (χ3v) is 4.26. The monoisotopic (exact) mass is 366 g/mol. The lowest BCUT2D eigenvalue weighted by molar-refractivity contribution is -0.137. The van der Waals surface area contributed by atoms with Crippen molar-refractivity contribution in [3.8, 4) is 0 Å². The molecule has 1 fully saturated rings. The van der Waals surface area contributed by atoms with Gasteiger partial charge in [0.25, 0.3) is 0 Å². The SMILES string of the molecule is Cc1cc(N2CCCC2)c(F)cc1/C=N/Nc1ccc(C(F)(F)F)cn1. The third-order valence-electron chi connectivity index (χ3n) is 4.26. The number of alkyl halides is 3. The van der Waals surface area contributed by atoms with E-state index in [0.717, 1.165) is 43.8 Å². The quantitative estimate of drug-likeness (QED) is 0.489. The Labute approximate surface area is 148 Å². The molecule has 0 atom stereocenters. The minimum atomic E-state index is -4.43. The number of halogens is 4. The number of nitrogens with zero attached hydrogens (tertiary/aromatic N) is 3. The molecule has 3 rings (SSSR count). The maximum Gasteiger partial charge on any atom is 0.417 e. The van der Waals surface area contributed by atoms with E-state index in [9.17, 15) is 17.6 Å². The number of hydrogen-bond acceptors (Lipinski definition) is 4. The van der Waals surface area contributed by atoms with Crippen LogP contribution in [-0.4, -0.2) is 24.3 Å². The zero-order chi connectivity index (χ0) is 18.7. The zero-order valence-corrected chi connectivity index (χ0v) is 14.1. The lowest BCUT2D eigenvalue weighted by Crippen LogP contribution is -2.19. The number of hydrogen-bond donors (Lipinski definition) is 1.